The van der Waals surface area contributed by atoms with E-state index in [-0.39, 0.29) is 17.8 Å². The second-order valence-corrected chi connectivity index (χ2v) is 8.11. The number of halogens is 1. The van der Waals surface area contributed by atoms with E-state index in [9.17, 15) is 9.18 Å². The average Bonchev–Trinajstić information content (AvgIpc) is 3.35. The minimum absolute atomic E-state index is 0.147. The molecule has 1 saturated heterocycles. The highest BCUT2D eigenvalue weighted by Gasteiger charge is 2.42. The predicted octanol–water partition coefficient (Wildman–Crippen LogP) is 2.44. The monoisotopic (exact) mass is 406 g/mol. The topological polar surface area (TPSA) is 75.9 Å². The predicted molar refractivity (Wildman–Crippen MR) is 108 cm³/mol. The largest absolute Gasteiger partial charge is 0.347 e. The van der Waals surface area contributed by atoms with Crippen LogP contribution in [0.3, 0.4) is 0 Å². The average molecular weight is 406 g/mol. The molecule has 154 valence electrons. The summed E-state index contributed by atoms with van der Waals surface area (Å²) in [5, 5.41) is 7.49. The summed E-state index contributed by atoms with van der Waals surface area (Å²) in [6.07, 6.45) is 10.3. The number of amides is 1. The van der Waals surface area contributed by atoms with Crippen molar-refractivity contribution in [3.8, 4) is 5.69 Å². The summed E-state index contributed by atoms with van der Waals surface area (Å²) in [6, 6.07) is 6.85. The van der Waals surface area contributed by atoms with Crippen LogP contribution in [0.25, 0.3) is 5.69 Å². The Morgan fingerprint density at radius 2 is 2.00 bits per heavy atom. The minimum Gasteiger partial charge on any atom is -0.347 e. The molecule has 1 unspecified atom stereocenters. The quantitative estimate of drug-likeness (QED) is 0.704. The van der Waals surface area contributed by atoms with E-state index in [0.29, 0.717) is 24.1 Å². The van der Waals surface area contributed by atoms with Gasteiger partial charge < -0.3 is 5.32 Å². The minimum atomic E-state index is -0.241. The van der Waals surface area contributed by atoms with E-state index in [1.165, 1.54) is 18.5 Å². The fraction of sp³-hybridized carbons (Fsp3) is 0.364. The Morgan fingerprint density at radius 3 is 2.70 bits per heavy atom. The zero-order valence-corrected chi connectivity index (χ0v) is 16.5. The smallest absolute Gasteiger partial charge is 0.271 e. The van der Waals surface area contributed by atoms with Crippen LogP contribution in [-0.2, 0) is 6.54 Å². The van der Waals surface area contributed by atoms with Crippen molar-refractivity contribution in [2.75, 3.05) is 13.1 Å². The number of rotatable bonds is 5. The Bertz CT molecular complexity index is 1010. The molecular weight excluding hydrogens is 383 g/mol. The van der Waals surface area contributed by atoms with Gasteiger partial charge in [0.15, 0.2) is 0 Å². The number of carbonyl (C=O) groups excluding carboxylic acids is 1. The molecule has 0 radical (unpaired) electrons. The number of aromatic nitrogens is 4. The maximum atomic E-state index is 14.0. The normalized spacial score (nSPS) is 23.4. The van der Waals surface area contributed by atoms with E-state index in [2.05, 4.69) is 25.3 Å². The van der Waals surface area contributed by atoms with Gasteiger partial charge >= 0.3 is 0 Å². The molecule has 3 atom stereocenters. The first kappa shape index (κ1) is 18.9. The number of nitrogens with zero attached hydrogens (tertiary/aromatic N) is 5. The van der Waals surface area contributed by atoms with E-state index >= 15 is 0 Å². The second kappa shape index (κ2) is 7.95. The molecule has 1 aliphatic carbocycles. The summed E-state index contributed by atoms with van der Waals surface area (Å²) < 4.78 is 15.7. The molecule has 2 aliphatic rings. The van der Waals surface area contributed by atoms with E-state index < -0.39 is 0 Å². The van der Waals surface area contributed by atoms with Gasteiger partial charge in [0.2, 0.25) is 0 Å². The molecule has 1 aliphatic heterocycles. The highest BCUT2D eigenvalue weighted by molar-refractivity contribution is 5.92. The summed E-state index contributed by atoms with van der Waals surface area (Å²) in [6.45, 7) is 2.40. The van der Waals surface area contributed by atoms with Gasteiger partial charge in [-0.25, -0.2) is 14.1 Å². The second-order valence-electron chi connectivity index (χ2n) is 8.11. The Hall–Kier alpha value is -3.13. The first-order valence-electron chi connectivity index (χ1n) is 10.2. The summed E-state index contributed by atoms with van der Waals surface area (Å²) in [5.41, 5.74) is 2.16. The Kier molecular flexibility index (Phi) is 5.00. The van der Waals surface area contributed by atoms with Crippen molar-refractivity contribution in [2.24, 2.45) is 11.8 Å². The molecular formula is C22H23FN6O. The number of piperidine rings is 1. The molecule has 7 nitrogen and oxygen atoms in total. The Labute approximate surface area is 174 Å². The van der Waals surface area contributed by atoms with Crippen molar-refractivity contribution in [1.82, 2.24) is 30.0 Å². The molecule has 8 heteroatoms. The highest BCUT2D eigenvalue weighted by Crippen LogP contribution is 2.38. The van der Waals surface area contributed by atoms with Crippen molar-refractivity contribution in [1.29, 1.82) is 0 Å². The summed E-state index contributed by atoms with van der Waals surface area (Å²) in [5.74, 6) is 0.358. The van der Waals surface area contributed by atoms with Gasteiger partial charge in [-0.2, -0.15) is 5.10 Å². The third-order valence-corrected chi connectivity index (χ3v) is 6.19. The van der Waals surface area contributed by atoms with Gasteiger partial charge in [-0.3, -0.25) is 14.7 Å². The standard InChI is InChI=1S/C22H23FN6O/c23-18-4-5-20(29-9-1-6-26-29)17(10-18)14-28-12-15-2-3-16(13-28)21(15)27-22(30)19-11-24-7-8-25-19/h1,4-11,15-16,21H,2-3,12-14H2,(H,27,30)/t15-,16+,21?. The Balaban J connectivity index is 1.29. The molecule has 3 aromatic rings. The van der Waals surface area contributed by atoms with Gasteiger partial charge in [0.1, 0.15) is 11.5 Å². The zero-order valence-electron chi connectivity index (χ0n) is 16.5. The van der Waals surface area contributed by atoms with Crippen LogP contribution < -0.4 is 5.32 Å². The van der Waals surface area contributed by atoms with Crippen LogP contribution in [0.1, 0.15) is 28.9 Å². The first-order chi connectivity index (χ1) is 14.7. The van der Waals surface area contributed by atoms with E-state index in [0.717, 1.165) is 37.2 Å². The van der Waals surface area contributed by atoms with Crippen LogP contribution >= 0.6 is 0 Å². The van der Waals surface area contributed by atoms with Crippen molar-refractivity contribution >= 4 is 5.91 Å². The SMILES string of the molecule is O=C(NC1[C@@H]2CC[C@H]1CN(Cc1cc(F)ccc1-n1cccn1)C2)c1cnccn1. The lowest BCUT2D eigenvalue weighted by atomic mass is 9.91. The molecule has 2 fully saturated rings. The fourth-order valence-corrected chi connectivity index (χ4v) is 4.88. The van der Waals surface area contributed by atoms with E-state index in [4.69, 9.17) is 0 Å². The number of hydrogen-bond acceptors (Lipinski definition) is 5. The lowest BCUT2D eigenvalue weighted by molar-refractivity contribution is 0.0819. The molecule has 0 spiro atoms. The Morgan fingerprint density at radius 1 is 1.17 bits per heavy atom. The molecule has 1 amide bonds. The van der Waals surface area contributed by atoms with Gasteiger partial charge in [-0.15, -0.1) is 0 Å². The van der Waals surface area contributed by atoms with Crippen LogP contribution in [0, 0.1) is 17.7 Å². The van der Waals surface area contributed by atoms with Crippen molar-refractivity contribution in [3.05, 3.63) is 72.3 Å². The molecule has 5 rings (SSSR count). The molecule has 2 aromatic heterocycles. The number of benzene rings is 1. The lowest BCUT2D eigenvalue weighted by Crippen LogP contribution is -2.52. The molecule has 1 saturated carbocycles. The number of carbonyl (C=O) groups is 1. The van der Waals surface area contributed by atoms with Crippen LogP contribution in [0.5, 0.6) is 0 Å². The van der Waals surface area contributed by atoms with Gasteiger partial charge in [-0.1, -0.05) is 0 Å². The molecule has 3 heterocycles. The lowest BCUT2D eigenvalue weighted by Gasteiger charge is -2.38. The van der Waals surface area contributed by atoms with Gasteiger partial charge in [0.05, 0.1) is 11.9 Å². The van der Waals surface area contributed by atoms with Gasteiger partial charge in [-0.05, 0) is 54.5 Å². The van der Waals surface area contributed by atoms with Gasteiger partial charge in [0.25, 0.3) is 5.91 Å². The molecule has 2 bridgehead atoms. The third-order valence-electron chi connectivity index (χ3n) is 6.19. The number of hydrogen-bond donors (Lipinski definition) is 1. The van der Waals surface area contributed by atoms with Crippen molar-refractivity contribution in [2.45, 2.75) is 25.4 Å². The number of likely N-dealkylation sites (tertiary alicyclic amines) is 1. The van der Waals surface area contributed by atoms with Crippen LogP contribution in [0.4, 0.5) is 4.39 Å². The van der Waals surface area contributed by atoms with E-state index in [1.807, 2.05) is 12.3 Å². The fourth-order valence-electron chi connectivity index (χ4n) is 4.88. The van der Waals surface area contributed by atoms with Crippen LogP contribution in [0.2, 0.25) is 0 Å². The first-order valence-corrected chi connectivity index (χ1v) is 10.2. The summed E-state index contributed by atoms with van der Waals surface area (Å²) >= 11 is 0. The van der Waals surface area contributed by atoms with Gasteiger partial charge in [0, 0.05) is 50.5 Å². The van der Waals surface area contributed by atoms with Crippen molar-refractivity contribution < 1.29 is 9.18 Å². The molecule has 1 N–H and O–H groups in total. The third kappa shape index (κ3) is 3.70. The summed E-state index contributed by atoms with van der Waals surface area (Å²) in [4.78, 5) is 23.0. The van der Waals surface area contributed by atoms with Crippen molar-refractivity contribution in [3.63, 3.8) is 0 Å². The molecule has 30 heavy (non-hydrogen) atoms. The summed E-state index contributed by atoms with van der Waals surface area (Å²) in [7, 11) is 0. The van der Waals surface area contributed by atoms with Crippen LogP contribution in [0.15, 0.2) is 55.2 Å². The highest BCUT2D eigenvalue weighted by atomic mass is 19.1. The molecule has 1 aromatic carbocycles. The maximum Gasteiger partial charge on any atom is 0.271 e. The van der Waals surface area contributed by atoms with E-state index in [1.54, 1.807) is 29.2 Å². The van der Waals surface area contributed by atoms with Crippen LogP contribution in [-0.4, -0.2) is 49.7 Å². The maximum absolute atomic E-state index is 14.0. The number of nitrogens with one attached hydrogen (secondary N) is 1. The zero-order chi connectivity index (χ0) is 20.5. The number of fused-ring (bicyclic) bond motifs is 2.